The quantitative estimate of drug-likeness (QED) is 0.419. The number of rotatable bonds is 4. The molecule has 10 heteroatoms. The van der Waals surface area contributed by atoms with Crippen LogP contribution in [-0.2, 0) is 10.9 Å². The van der Waals surface area contributed by atoms with Crippen LogP contribution in [0.2, 0.25) is 0 Å². The van der Waals surface area contributed by atoms with E-state index < -0.39 is 21.5 Å². The van der Waals surface area contributed by atoms with Crippen molar-refractivity contribution in [1.29, 1.82) is 0 Å². The Balaban J connectivity index is 0.000000541. The van der Waals surface area contributed by atoms with E-state index in [9.17, 15) is 14.5 Å². The predicted octanol–water partition coefficient (Wildman–Crippen LogP) is 0.537. The molecular formula is C12H18FN3O5S. The summed E-state index contributed by atoms with van der Waals surface area (Å²) in [6, 6.07) is 6.03. The van der Waals surface area contributed by atoms with Crippen LogP contribution < -0.4 is 15.2 Å². The number of piperidine rings is 1. The molecule has 124 valence electrons. The molecule has 1 aliphatic heterocycles. The van der Waals surface area contributed by atoms with Gasteiger partial charge in [-0.15, -0.1) is 0 Å². The van der Waals surface area contributed by atoms with E-state index in [2.05, 4.69) is 10.5 Å². The van der Waals surface area contributed by atoms with Crippen LogP contribution in [0.25, 0.3) is 0 Å². The average Bonchev–Trinajstić information content (AvgIpc) is 2.46. The zero-order valence-corrected chi connectivity index (χ0v) is 12.6. The molecule has 2 rings (SSSR count). The molecule has 1 fully saturated rings. The predicted molar refractivity (Wildman–Crippen MR) is 79.0 cm³/mol. The lowest BCUT2D eigenvalue weighted by atomic mass is 9.95. The monoisotopic (exact) mass is 335 g/mol. The molecule has 1 heterocycles. The number of alkyl halides is 1. The maximum Gasteiger partial charge on any atom is 0.310 e. The Morgan fingerprint density at radius 1 is 1.36 bits per heavy atom. The molecule has 0 bridgehead atoms. The fourth-order valence-corrected chi connectivity index (χ4v) is 1.96. The number of hydrogen-bond donors (Lipinski definition) is 3. The standard InChI is InChI=1S/C12H15FN2O3.H3NO2S/c13-12(5-7-14-8-6-12)9-18-11-4-2-1-3-10(11)15(16)17;1-4(2)3/h1-4,14H,5-9H2;4H,(H2,1,2,3). The summed E-state index contributed by atoms with van der Waals surface area (Å²) in [4.78, 5) is 10.2. The Bertz CT molecular complexity index is 568. The molecule has 0 aliphatic carbocycles. The molecule has 1 aliphatic rings. The summed E-state index contributed by atoms with van der Waals surface area (Å²) in [5, 5.41) is 17.9. The second-order valence-electron chi connectivity index (χ2n) is 4.70. The van der Waals surface area contributed by atoms with Crippen molar-refractivity contribution in [2.24, 2.45) is 5.14 Å². The van der Waals surface area contributed by atoms with Crippen LogP contribution in [-0.4, -0.2) is 38.7 Å². The number of nitrogens with two attached hydrogens (primary N) is 1. The first-order valence-corrected chi connectivity index (χ1v) is 7.74. The molecule has 8 nitrogen and oxygen atoms in total. The molecule has 3 N–H and O–H groups in total. The lowest BCUT2D eigenvalue weighted by molar-refractivity contribution is -0.386. The minimum atomic E-state index is -2.62. The summed E-state index contributed by atoms with van der Waals surface area (Å²) in [6.07, 6.45) is 0.737. The van der Waals surface area contributed by atoms with Crippen molar-refractivity contribution in [2.45, 2.75) is 18.5 Å². The highest BCUT2D eigenvalue weighted by molar-refractivity contribution is 7.69. The van der Waals surface area contributed by atoms with Gasteiger partial charge in [0.1, 0.15) is 12.3 Å². The van der Waals surface area contributed by atoms with Gasteiger partial charge in [-0.05, 0) is 32.0 Å². The van der Waals surface area contributed by atoms with Crippen molar-refractivity contribution in [3.05, 3.63) is 34.4 Å². The van der Waals surface area contributed by atoms with Crippen molar-refractivity contribution in [3.8, 4) is 5.75 Å². The topological polar surface area (TPSA) is 125 Å². The highest BCUT2D eigenvalue weighted by atomic mass is 32.2. The maximum absolute atomic E-state index is 14.3. The van der Waals surface area contributed by atoms with Gasteiger partial charge in [0.15, 0.2) is 16.6 Å². The van der Waals surface area contributed by atoms with Crippen molar-refractivity contribution in [1.82, 2.24) is 5.32 Å². The molecule has 0 unspecified atom stereocenters. The molecule has 0 radical (unpaired) electrons. The average molecular weight is 335 g/mol. The lowest BCUT2D eigenvalue weighted by Crippen LogP contribution is -2.42. The first-order chi connectivity index (χ1) is 10.3. The van der Waals surface area contributed by atoms with E-state index >= 15 is 0 Å². The van der Waals surface area contributed by atoms with Crippen LogP contribution in [0.4, 0.5) is 10.1 Å². The van der Waals surface area contributed by atoms with Gasteiger partial charge >= 0.3 is 5.69 Å². The second kappa shape index (κ2) is 8.61. The number of hydrogen-bond acceptors (Lipinski definition) is 6. The van der Waals surface area contributed by atoms with Gasteiger partial charge in [-0.1, -0.05) is 12.1 Å². The molecule has 0 aromatic heterocycles. The SMILES string of the molecule is N[SH](=O)=O.O=[N+]([O-])c1ccccc1OCC1(F)CCNCC1. The Labute approximate surface area is 128 Å². The van der Waals surface area contributed by atoms with Crippen LogP contribution in [0, 0.1) is 10.1 Å². The summed E-state index contributed by atoms with van der Waals surface area (Å²) < 4.78 is 37.2. The van der Waals surface area contributed by atoms with Gasteiger partial charge in [0.25, 0.3) is 0 Å². The number of ether oxygens (including phenoxy) is 1. The van der Waals surface area contributed by atoms with Gasteiger partial charge in [-0.25, -0.2) is 17.9 Å². The number of nitrogens with one attached hydrogen (secondary N) is 1. The minimum Gasteiger partial charge on any atom is -0.483 e. The number of halogens is 1. The third kappa shape index (κ3) is 6.33. The van der Waals surface area contributed by atoms with Crippen molar-refractivity contribution in [2.75, 3.05) is 19.7 Å². The number of thiol groups is 1. The van der Waals surface area contributed by atoms with E-state index in [1.165, 1.54) is 12.1 Å². The van der Waals surface area contributed by atoms with Crippen LogP contribution in [0.15, 0.2) is 24.3 Å². The lowest BCUT2D eigenvalue weighted by Gasteiger charge is -2.29. The maximum atomic E-state index is 14.3. The smallest absolute Gasteiger partial charge is 0.310 e. The molecule has 0 saturated carbocycles. The fraction of sp³-hybridized carbons (Fsp3) is 0.500. The highest BCUT2D eigenvalue weighted by Crippen LogP contribution is 2.29. The summed E-state index contributed by atoms with van der Waals surface area (Å²) in [7, 11) is -2.62. The van der Waals surface area contributed by atoms with Gasteiger partial charge < -0.3 is 10.1 Å². The number of benzene rings is 1. The van der Waals surface area contributed by atoms with Crippen LogP contribution in [0.3, 0.4) is 0 Å². The molecule has 1 aromatic carbocycles. The van der Waals surface area contributed by atoms with Crippen molar-refractivity contribution >= 4 is 16.6 Å². The number of para-hydroxylation sites is 2. The largest absolute Gasteiger partial charge is 0.483 e. The highest BCUT2D eigenvalue weighted by Gasteiger charge is 2.33. The minimum absolute atomic E-state index is 0.123. The Hall–Kier alpha value is -1.78. The summed E-state index contributed by atoms with van der Waals surface area (Å²) in [5.74, 6) is 0.123. The Morgan fingerprint density at radius 2 is 1.91 bits per heavy atom. The molecule has 22 heavy (non-hydrogen) atoms. The van der Waals surface area contributed by atoms with Gasteiger partial charge in [0.05, 0.1) is 4.92 Å². The summed E-state index contributed by atoms with van der Waals surface area (Å²) in [6.45, 7) is 1.08. The van der Waals surface area contributed by atoms with E-state index in [1.54, 1.807) is 12.1 Å². The molecule has 0 spiro atoms. The molecular weight excluding hydrogens is 317 g/mol. The van der Waals surface area contributed by atoms with Gasteiger partial charge in [0, 0.05) is 6.07 Å². The molecule has 0 atom stereocenters. The van der Waals surface area contributed by atoms with E-state index in [-0.39, 0.29) is 18.0 Å². The van der Waals surface area contributed by atoms with Crippen LogP contribution >= 0.6 is 0 Å². The summed E-state index contributed by atoms with van der Waals surface area (Å²) >= 11 is 0. The van der Waals surface area contributed by atoms with Crippen molar-refractivity contribution < 1.29 is 22.5 Å². The zero-order chi connectivity index (χ0) is 16.6. The number of nitro benzene ring substituents is 1. The van der Waals surface area contributed by atoms with E-state index in [4.69, 9.17) is 13.2 Å². The number of nitrogens with zero attached hydrogens (tertiary/aromatic N) is 1. The molecule has 1 saturated heterocycles. The van der Waals surface area contributed by atoms with E-state index in [0.717, 1.165) is 0 Å². The van der Waals surface area contributed by atoms with E-state index in [0.29, 0.717) is 25.9 Å². The van der Waals surface area contributed by atoms with E-state index in [1.807, 2.05) is 0 Å². The van der Waals surface area contributed by atoms with Gasteiger partial charge in [0.2, 0.25) is 0 Å². The second-order valence-corrected chi connectivity index (χ2v) is 5.27. The first kappa shape index (κ1) is 18.3. The van der Waals surface area contributed by atoms with Gasteiger partial charge in [-0.3, -0.25) is 10.1 Å². The Kier molecular flexibility index (Phi) is 7.15. The summed E-state index contributed by atoms with van der Waals surface area (Å²) in [5.41, 5.74) is -1.52. The van der Waals surface area contributed by atoms with Gasteiger partial charge in [-0.2, -0.15) is 0 Å². The molecule has 1 aromatic rings. The van der Waals surface area contributed by atoms with Crippen molar-refractivity contribution in [3.63, 3.8) is 0 Å². The Morgan fingerprint density at radius 3 is 2.45 bits per heavy atom. The van der Waals surface area contributed by atoms with Crippen LogP contribution in [0.5, 0.6) is 5.75 Å². The number of nitro groups is 1. The first-order valence-electron chi connectivity index (χ1n) is 6.49. The third-order valence-corrected chi connectivity index (χ3v) is 3.05. The normalized spacial score (nSPS) is 16.5. The fourth-order valence-electron chi connectivity index (χ4n) is 1.96. The molecule has 0 amide bonds. The van der Waals surface area contributed by atoms with Crippen LogP contribution in [0.1, 0.15) is 12.8 Å². The zero-order valence-electron chi connectivity index (χ0n) is 11.7. The third-order valence-electron chi connectivity index (χ3n) is 3.05.